The molecule has 1 fully saturated rings. The van der Waals surface area contributed by atoms with Crippen LogP contribution in [-0.4, -0.2) is 37.0 Å². The molecule has 2 unspecified atom stereocenters. The van der Waals surface area contributed by atoms with Crippen molar-refractivity contribution in [2.75, 3.05) is 11.5 Å². The number of carboxylic acid groups (broad SMARTS) is 1. The average Bonchev–Trinajstić information content (AvgIpc) is 1.95. The van der Waals surface area contributed by atoms with Crippen molar-refractivity contribution in [3.05, 3.63) is 0 Å². The van der Waals surface area contributed by atoms with E-state index in [-0.39, 0.29) is 36.4 Å². The van der Waals surface area contributed by atoms with Gasteiger partial charge in [-0.1, -0.05) is 0 Å². The van der Waals surface area contributed by atoms with Crippen molar-refractivity contribution >= 4 is 28.2 Å². The lowest BCUT2D eigenvalue weighted by atomic mass is 9.96. The van der Waals surface area contributed by atoms with Gasteiger partial charge < -0.3 is 10.8 Å². The van der Waals surface area contributed by atoms with Crippen molar-refractivity contribution in [2.24, 2.45) is 11.7 Å². The highest BCUT2D eigenvalue weighted by molar-refractivity contribution is 7.91. The lowest BCUT2D eigenvalue weighted by Gasteiger charge is -2.26. The van der Waals surface area contributed by atoms with Gasteiger partial charge in [-0.25, -0.2) is 8.42 Å². The fraction of sp³-hybridized carbons (Fsp3) is 0.857. The smallest absolute Gasteiger partial charge is 0.303 e. The van der Waals surface area contributed by atoms with Gasteiger partial charge in [0.15, 0.2) is 9.84 Å². The van der Waals surface area contributed by atoms with Crippen LogP contribution >= 0.6 is 12.4 Å². The first kappa shape index (κ1) is 13.7. The number of carbonyl (C=O) groups is 1. The predicted octanol–water partition coefficient (Wildman–Crippen LogP) is -0.355. The van der Waals surface area contributed by atoms with E-state index in [1.807, 2.05) is 0 Å². The van der Waals surface area contributed by atoms with E-state index in [0.29, 0.717) is 6.42 Å². The molecule has 5 nitrogen and oxygen atoms in total. The van der Waals surface area contributed by atoms with Crippen molar-refractivity contribution in [3.63, 3.8) is 0 Å². The molecular weight excluding hydrogens is 230 g/mol. The van der Waals surface area contributed by atoms with Gasteiger partial charge in [0.25, 0.3) is 0 Å². The standard InChI is InChI=1S/C7H13NO4S.ClH/c8-6-1-2-13(11,12)4-5(6)3-7(9)10;/h5-6H,1-4,8H2,(H,9,10);1H. The minimum Gasteiger partial charge on any atom is -0.481 e. The van der Waals surface area contributed by atoms with E-state index >= 15 is 0 Å². The van der Waals surface area contributed by atoms with Crippen LogP contribution in [0, 0.1) is 5.92 Å². The average molecular weight is 244 g/mol. The Bertz CT molecular complexity index is 303. The maximum atomic E-state index is 11.1. The van der Waals surface area contributed by atoms with Crippen molar-refractivity contribution < 1.29 is 18.3 Å². The maximum absolute atomic E-state index is 11.1. The van der Waals surface area contributed by atoms with Gasteiger partial charge in [-0.2, -0.15) is 0 Å². The molecule has 2 atom stereocenters. The van der Waals surface area contributed by atoms with Crippen LogP contribution in [0.4, 0.5) is 0 Å². The summed E-state index contributed by atoms with van der Waals surface area (Å²) in [5.41, 5.74) is 5.62. The van der Waals surface area contributed by atoms with E-state index in [9.17, 15) is 13.2 Å². The molecular formula is C7H14ClNO4S. The van der Waals surface area contributed by atoms with Gasteiger partial charge in [-0.05, 0) is 12.3 Å². The molecule has 3 N–H and O–H groups in total. The van der Waals surface area contributed by atoms with Crippen LogP contribution in [0.15, 0.2) is 0 Å². The first-order valence-corrected chi connectivity index (χ1v) is 5.90. The second-order valence-electron chi connectivity index (χ2n) is 3.42. The molecule has 1 saturated heterocycles. The fourth-order valence-corrected chi connectivity index (χ4v) is 3.33. The Morgan fingerprint density at radius 1 is 1.50 bits per heavy atom. The lowest BCUT2D eigenvalue weighted by Crippen LogP contribution is -2.42. The number of halogens is 1. The molecule has 0 aromatic carbocycles. The Balaban J connectivity index is 0.00000169. The maximum Gasteiger partial charge on any atom is 0.303 e. The molecule has 1 heterocycles. The molecule has 1 rings (SSSR count). The van der Waals surface area contributed by atoms with E-state index in [1.165, 1.54) is 0 Å². The quantitative estimate of drug-likeness (QED) is 0.691. The molecule has 7 heteroatoms. The molecule has 1 aliphatic heterocycles. The van der Waals surface area contributed by atoms with Crippen LogP contribution in [0.1, 0.15) is 12.8 Å². The van der Waals surface area contributed by atoms with Gasteiger partial charge >= 0.3 is 5.97 Å². The van der Waals surface area contributed by atoms with Gasteiger partial charge in [-0.15, -0.1) is 12.4 Å². The third-order valence-electron chi connectivity index (χ3n) is 2.27. The van der Waals surface area contributed by atoms with Gasteiger partial charge in [-0.3, -0.25) is 4.79 Å². The Kier molecular flexibility index (Phi) is 4.83. The topological polar surface area (TPSA) is 97.5 Å². The summed E-state index contributed by atoms with van der Waals surface area (Å²) in [6.45, 7) is 0. The van der Waals surface area contributed by atoms with Gasteiger partial charge in [0.2, 0.25) is 0 Å². The monoisotopic (exact) mass is 243 g/mol. The van der Waals surface area contributed by atoms with E-state index in [1.54, 1.807) is 0 Å². The molecule has 0 aliphatic carbocycles. The number of sulfone groups is 1. The normalized spacial score (nSPS) is 30.4. The third kappa shape index (κ3) is 3.81. The van der Waals surface area contributed by atoms with E-state index in [4.69, 9.17) is 10.8 Å². The number of hydrogen-bond acceptors (Lipinski definition) is 4. The molecule has 0 bridgehead atoms. The SMILES string of the molecule is Cl.NC1CCS(=O)(=O)CC1CC(=O)O. The van der Waals surface area contributed by atoms with Crippen molar-refractivity contribution in [2.45, 2.75) is 18.9 Å². The third-order valence-corrected chi connectivity index (χ3v) is 4.07. The van der Waals surface area contributed by atoms with Crippen LogP contribution in [0.2, 0.25) is 0 Å². The molecule has 1 aliphatic rings. The Labute approximate surface area is 89.0 Å². The summed E-state index contributed by atoms with van der Waals surface area (Å²) in [4.78, 5) is 10.4. The van der Waals surface area contributed by atoms with Crippen LogP contribution in [0.5, 0.6) is 0 Å². The Hall–Kier alpha value is -0.330. The second-order valence-corrected chi connectivity index (χ2v) is 5.65. The molecule has 0 radical (unpaired) electrons. The number of carboxylic acids is 1. The van der Waals surface area contributed by atoms with Crippen LogP contribution < -0.4 is 5.73 Å². The molecule has 0 amide bonds. The number of hydrogen-bond donors (Lipinski definition) is 2. The second kappa shape index (κ2) is 4.95. The summed E-state index contributed by atoms with van der Waals surface area (Å²) in [5.74, 6) is -1.40. The predicted molar refractivity (Wildman–Crippen MR) is 54.2 cm³/mol. The van der Waals surface area contributed by atoms with Gasteiger partial charge in [0, 0.05) is 6.04 Å². The molecule has 84 valence electrons. The molecule has 0 aromatic rings. The summed E-state index contributed by atoms with van der Waals surface area (Å²) in [7, 11) is -3.05. The highest BCUT2D eigenvalue weighted by Crippen LogP contribution is 2.20. The molecule has 14 heavy (non-hydrogen) atoms. The van der Waals surface area contributed by atoms with Crippen molar-refractivity contribution in [3.8, 4) is 0 Å². The van der Waals surface area contributed by atoms with E-state index in [0.717, 1.165) is 0 Å². The zero-order chi connectivity index (χ0) is 10.1. The highest BCUT2D eigenvalue weighted by Gasteiger charge is 2.32. The Morgan fingerprint density at radius 3 is 2.57 bits per heavy atom. The number of aliphatic carboxylic acids is 1. The fourth-order valence-electron chi connectivity index (χ4n) is 1.52. The zero-order valence-corrected chi connectivity index (χ0v) is 9.18. The largest absolute Gasteiger partial charge is 0.481 e. The summed E-state index contributed by atoms with van der Waals surface area (Å²) in [6, 6.07) is -0.292. The van der Waals surface area contributed by atoms with Gasteiger partial charge in [0.05, 0.1) is 17.9 Å². The number of nitrogens with two attached hydrogens (primary N) is 1. The molecule has 0 aromatic heterocycles. The summed E-state index contributed by atoms with van der Waals surface area (Å²) >= 11 is 0. The summed E-state index contributed by atoms with van der Waals surface area (Å²) in [6.07, 6.45) is 0.223. The minimum absolute atomic E-state index is 0. The first-order chi connectivity index (χ1) is 5.91. The van der Waals surface area contributed by atoms with Crippen molar-refractivity contribution in [1.29, 1.82) is 0 Å². The lowest BCUT2D eigenvalue weighted by molar-refractivity contribution is -0.138. The van der Waals surface area contributed by atoms with E-state index in [2.05, 4.69) is 0 Å². The number of rotatable bonds is 2. The first-order valence-electron chi connectivity index (χ1n) is 4.08. The van der Waals surface area contributed by atoms with Gasteiger partial charge in [0.1, 0.15) is 0 Å². The zero-order valence-electron chi connectivity index (χ0n) is 7.55. The van der Waals surface area contributed by atoms with Crippen LogP contribution in [-0.2, 0) is 14.6 Å². The minimum atomic E-state index is -3.05. The summed E-state index contributed by atoms with van der Waals surface area (Å²) < 4.78 is 22.3. The Morgan fingerprint density at radius 2 is 2.07 bits per heavy atom. The van der Waals surface area contributed by atoms with Crippen LogP contribution in [0.25, 0.3) is 0 Å². The van der Waals surface area contributed by atoms with Crippen LogP contribution in [0.3, 0.4) is 0 Å². The highest BCUT2D eigenvalue weighted by atomic mass is 35.5. The molecule has 0 spiro atoms. The summed E-state index contributed by atoms with van der Waals surface area (Å²) in [5, 5.41) is 8.50. The molecule has 0 saturated carbocycles. The van der Waals surface area contributed by atoms with E-state index < -0.39 is 21.7 Å². The van der Waals surface area contributed by atoms with Crippen molar-refractivity contribution in [1.82, 2.24) is 0 Å².